The molecule has 1 aromatic heterocycles. The summed E-state index contributed by atoms with van der Waals surface area (Å²) in [6.07, 6.45) is 1.49. The number of hydrogen-bond donors (Lipinski definition) is 0. The summed E-state index contributed by atoms with van der Waals surface area (Å²) in [5, 5.41) is 0. The molecule has 0 aliphatic rings. The van der Waals surface area contributed by atoms with E-state index < -0.39 is 11.6 Å². The minimum atomic E-state index is -0.741. The third kappa shape index (κ3) is 2.96. The second-order valence-corrected chi connectivity index (χ2v) is 4.72. The predicted octanol–water partition coefficient (Wildman–Crippen LogP) is 4.61. The molecule has 2 aromatic carbocycles. The Hall–Kier alpha value is -2.75. The molecular formula is C18H13F2NO. The van der Waals surface area contributed by atoms with E-state index in [-0.39, 0.29) is 23.6 Å². The summed E-state index contributed by atoms with van der Waals surface area (Å²) in [6.45, 7) is 0.213. The minimum absolute atomic E-state index is 0.00547. The van der Waals surface area contributed by atoms with Gasteiger partial charge in [-0.2, -0.15) is 0 Å². The molecule has 0 bridgehead atoms. The van der Waals surface area contributed by atoms with Crippen LogP contribution in [0.1, 0.15) is 5.56 Å². The van der Waals surface area contributed by atoms with E-state index in [1.165, 1.54) is 18.3 Å². The van der Waals surface area contributed by atoms with Gasteiger partial charge in [-0.1, -0.05) is 36.4 Å². The third-order valence-corrected chi connectivity index (χ3v) is 3.21. The summed E-state index contributed by atoms with van der Waals surface area (Å²) in [6, 6.07) is 16.8. The summed E-state index contributed by atoms with van der Waals surface area (Å²) < 4.78 is 33.9. The van der Waals surface area contributed by atoms with Gasteiger partial charge in [0.05, 0.1) is 11.3 Å². The first-order chi connectivity index (χ1) is 10.8. The molecule has 0 fully saturated rings. The Morgan fingerprint density at radius 1 is 0.864 bits per heavy atom. The van der Waals surface area contributed by atoms with E-state index >= 15 is 0 Å². The van der Waals surface area contributed by atoms with Crippen molar-refractivity contribution in [3.8, 4) is 17.0 Å². The van der Waals surface area contributed by atoms with Crippen molar-refractivity contribution in [1.29, 1.82) is 0 Å². The highest BCUT2D eigenvalue weighted by Gasteiger charge is 2.17. The first-order valence-corrected chi connectivity index (χ1v) is 6.82. The zero-order valence-corrected chi connectivity index (χ0v) is 11.7. The molecule has 3 aromatic rings. The van der Waals surface area contributed by atoms with Crippen LogP contribution in [0.15, 0.2) is 66.9 Å². The van der Waals surface area contributed by atoms with Crippen LogP contribution in [0.4, 0.5) is 8.78 Å². The Bertz CT molecular complexity index is 761. The van der Waals surface area contributed by atoms with Crippen molar-refractivity contribution in [2.45, 2.75) is 6.61 Å². The van der Waals surface area contributed by atoms with Gasteiger partial charge in [0.25, 0.3) is 0 Å². The smallest absolute Gasteiger partial charge is 0.177 e. The monoisotopic (exact) mass is 297 g/mol. The van der Waals surface area contributed by atoms with Crippen molar-refractivity contribution >= 4 is 0 Å². The van der Waals surface area contributed by atoms with E-state index in [1.807, 2.05) is 30.3 Å². The Kier molecular flexibility index (Phi) is 4.10. The SMILES string of the molecule is Fc1ccc(OCc2ccccc2)c(F)c1-c1ccccn1. The fourth-order valence-corrected chi connectivity index (χ4v) is 2.13. The van der Waals surface area contributed by atoms with Crippen LogP contribution in [-0.4, -0.2) is 4.98 Å². The lowest BCUT2D eigenvalue weighted by Crippen LogP contribution is -2.00. The maximum atomic E-state index is 14.5. The molecule has 2 nitrogen and oxygen atoms in total. The molecule has 0 atom stereocenters. The lowest BCUT2D eigenvalue weighted by Gasteiger charge is -2.11. The van der Waals surface area contributed by atoms with Crippen LogP contribution in [0.5, 0.6) is 5.75 Å². The van der Waals surface area contributed by atoms with Crippen molar-refractivity contribution in [3.63, 3.8) is 0 Å². The van der Waals surface area contributed by atoms with Crippen molar-refractivity contribution in [3.05, 3.63) is 84.1 Å². The van der Waals surface area contributed by atoms with Crippen LogP contribution >= 0.6 is 0 Å². The summed E-state index contributed by atoms with van der Waals surface area (Å²) in [5.74, 6) is -1.40. The first kappa shape index (κ1) is 14.2. The third-order valence-electron chi connectivity index (χ3n) is 3.21. The average Bonchev–Trinajstić information content (AvgIpc) is 2.56. The van der Waals surface area contributed by atoms with E-state index in [0.717, 1.165) is 5.56 Å². The molecular weight excluding hydrogens is 284 g/mol. The normalized spacial score (nSPS) is 10.5. The fourth-order valence-electron chi connectivity index (χ4n) is 2.13. The molecule has 0 unspecified atom stereocenters. The van der Waals surface area contributed by atoms with Crippen LogP contribution < -0.4 is 4.74 Å². The molecule has 0 amide bonds. The van der Waals surface area contributed by atoms with Crippen molar-refractivity contribution in [2.75, 3.05) is 0 Å². The molecule has 0 N–H and O–H groups in total. The second kappa shape index (κ2) is 6.35. The summed E-state index contributed by atoms with van der Waals surface area (Å²) in [5.41, 5.74) is 0.972. The van der Waals surface area contributed by atoms with Gasteiger partial charge < -0.3 is 4.74 Å². The quantitative estimate of drug-likeness (QED) is 0.702. The van der Waals surface area contributed by atoms with E-state index in [1.54, 1.807) is 18.2 Å². The molecule has 0 radical (unpaired) electrons. The lowest BCUT2D eigenvalue weighted by atomic mass is 10.1. The Labute approximate surface area is 127 Å². The number of rotatable bonds is 4. The van der Waals surface area contributed by atoms with Gasteiger partial charge in [-0.3, -0.25) is 4.98 Å². The molecule has 0 aliphatic carbocycles. The molecule has 22 heavy (non-hydrogen) atoms. The van der Waals surface area contributed by atoms with Crippen molar-refractivity contribution in [2.24, 2.45) is 0 Å². The van der Waals surface area contributed by atoms with E-state index in [2.05, 4.69) is 4.98 Å². The topological polar surface area (TPSA) is 22.1 Å². The van der Waals surface area contributed by atoms with E-state index in [0.29, 0.717) is 0 Å². The molecule has 0 spiro atoms. The van der Waals surface area contributed by atoms with Gasteiger partial charge in [0.2, 0.25) is 0 Å². The van der Waals surface area contributed by atoms with Crippen LogP contribution in [-0.2, 0) is 6.61 Å². The Morgan fingerprint density at radius 2 is 1.64 bits per heavy atom. The highest BCUT2D eigenvalue weighted by molar-refractivity contribution is 5.63. The Morgan fingerprint density at radius 3 is 2.36 bits per heavy atom. The number of benzene rings is 2. The molecule has 0 aliphatic heterocycles. The molecule has 1 heterocycles. The summed E-state index contributed by atoms with van der Waals surface area (Å²) in [4.78, 5) is 3.99. The maximum absolute atomic E-state index is 14.5. The predicted molar refractivity (Wildman–Crippen MR) is 80.4 cm³/mol. The molecule has 4 heteroatoms. The van der Waals surface area contributed by atoms with Gasteiger partial charge in [0.1, 0.15) is 12.4 Å². The van der Waals surface area contributed by atoms with E-state index in [9.17, 15) is 8.78 Å². The summed E-state index contributed by atoms with van der Waals surface area (Å²) >= 11 is 0. The number of nitrogens with zero attached hydrogens (tertiary/aromatic N) is 1. The highest BCUT2D eigenvalue weighted by Crippen LogP contribution is 2.30. The first-order valence-electron chi connectivity index (χ1n) is 6.82. The highest BCUT2D eigenvalue weighted by atomic mass is 19.1. The maximum Gasteiger partial charge on any atom is 0.177 e. The summed E-state index contributed by atoms with van der Waals surface area (Å²) in [7, 11) is 0. The van der Waals surface area contributed by atoms with Gasteiger partial charge >= 0.3 is 0 Å². The van der Waals surface area contributed by atoms with Gasteiger partial charge in [-0.05, 0) is 29.8 Å². The fraction of sp³-hybridized carbons (Fsp3) is 0.0556. The number of pyridine rings is 1. The second-order valence-electron chi connectivity index (χ2n) is 4.72. The van der Waals surface area contributed by atoms with Crippen LogP contribution in [0.3, 0.4) is 0 Å². The average molecular weight is 297 g/mol. The van der Waals surface area contributed by atoms with Crippen LogP contribution in [0.2, 0.25) is 0 Å². The van der Waals surface area contributed by atoms with Gasteiger partial charge in [0.15, 0.2) is 11.6 Å². The van der Waals surface area contributed by atoms with Gasteiger partial charge in [-0.15, -0.1) is 0 Å². The standard InChI is InChI=1S/C18H13F2NO/c19-14-9-10-16(22-12-13-6-2-1-3-7-13)18(20)17(14)15-8-4-5-11-21-15/h1-11H,12H2. The number of halogens is 2. The van der Waals surface area contributed by atoms with Crippen LogP contribution in [0, 0.1) is 11.6 Å². The van der Waals surface area contributed by atoms with Crippen molar-refractivity contribution in [1.82, 2.24) is 4.98 Å². The van der Waals surface area contributed by atoms with Crippen molar-refractivity contribution < 1.29 is 13.5 Å². The zero-order chi connectivity index (χ0) is 15.4. The van der Waals surface area contributed by atoms with Gasteiger partial charge in [0, 0.05) is 6.20 Å². The molecule has 0 saturated carbocycles. The molecule has 0 saturated heterocycles. The number of hydrogen-bond acceptors (Lipinski definition) is 2. The minimum Gasteiger partial charge on any atom is -0.486 e. The number of ether oxygens (including phenoxy) is 1. The molecule has 3 rings (SSSR count). The van der Waals surface area contributed by atoms with Crippen LogP contribution in [0.25, 0.3) is 11.3 Å². The Balaban J connectivity index is 1.90. The zero-order valence-electron chi connectivity index (χ0n) is 11.7. The number of aromatic nitrogens is 1. The molecule has 110 valence electrons. The van der Waals surface area contributed by atoms with Gasteiger partial charge in [-0.25, -0.2) is 8.78 Å². The van der Waals surface area contributed by atoms with E-state index in [4.69, 9.17) is 4.74 Å². The lowest BCUT2D eigenvalue weighted by molar-refractivity contribution is 0.290. The largest absolute Gasteiger partial charge is 0.486 e.